The minimum absolute atomic E-state index is 0.0226. The van der Waals surface area contributed by atoms with E-state index >= 15 is 0 Å². The van der Waals surface area contributed by atoms with Gasteiger partial charge in [-0.2, -0.15) is 0 Å². The second-order valence-corrected chi connectivity index (χ2v) is 5.96. The number of cyclic esters (lactones) is 1. The highest BCUT2D eigenvalue weighted by Crippen LogP contribution is 2.42. The van der Waals surface area contributed by atoms with Crippen molar-refractivity contribution in [2.24, 2.45) is 10.8 Å². The van der Waals surface area contributed by atoms with Crippen LogP contribution in [0.3, 0.4) is 0 Å². The topological polar surface area (TPSA) is 26.3 Å². The molecule has 14 heavy (non-hydrogen) atoms. The summed E-state index contributed by atoms with van der Waals surface area (Å²) in [6, 6.07) is 0. The summed E-state index contributed by atoms with van der Waals surface area (Å²) in [5.74, 6) is 0.759. The molecule has 0 atom stereocenters. The van der Waals surface area contributed by atoms with Gasteiger partial charge in [-0.1, -0.05) is 41.5 Å². The van der Waals surface area contributed by atoms with Gasteiger partial charge in [-0.3, -0.25) is 4.79 Å². The zero-order valence-corrected chi connectivity index (χ0v) is 10.0. The lowest BCUT2D eigenvalue weighted by Gasteiger charge is -2.26. The maximum atomic E-state index is 11.3. The Morgan fingerprint density at radius 3 is 1.79 bits per heavy atom. The van der Waals surface area contributed by atoms with Crippen LogP contribution in [0.5, 0.6) is 0 Å². The molecular weight excluding hydrogens is 176 g/mol. The van der Waals surface area contributed by atoms with E-state index in [-0.39, 0.29) is 16.8 Å². The Morgan fingerprint density at radius 1 is 1.00 bits per heavy atom. The van der Waals surface area contributed by atoms with E-state index in [1.807, 2.05) is 0 Å². The van der Waals surface area contributed by atoms with Crippen LogP contribution in [0.15, 0.2) is 11.3 Å². The molecule has 1 rings (SSSR count). The highest BCUT2D eigenvalue weighted by Gasteiger charge is 2.37. The molecule has 0 aromatic rings. The van der Waals surface area contributed by atoms with Gasteiger partial charge in [-0.05, 0) is 11.0 Å². The number of allylic oxidation sites excluding steroid dienone is 1. The molecule has 0 aromatic heterocycles. The van der Waals surface area contributed by atoms with Gasteiger partial charge in [0.1, 0.15) is 5.76 Å². The van der Waals surface area contributed by atoms with E-state index in [2.05, 4.69) is 41.5 Å². The maximum Gasteiger partial charge on any atom is 0.315 e. The summed E-state index contributed by atoms with van der Waals surface area (Å²) in [6.45, 7) is 12.6. The summed E-state index contributed by atoms with van der Waals surface area (Å²) in [6.07, 6.45) is 0.454. The number of carbonyl (C=O) groups is 1. The van der Waals surface area contributed by atoms with Gasteiger partial charge in [0.05, 0.1) is 6.42 Å². The molecule has 0 radical (unpaired) electrons. The predicted molar refractivity (Wildman–Crippen MR) is 56.6 cm³/mol. The Hall–Kier alpha value is -0.790. The summed E-state index contributed by atoms with van der Waals surface area (Å²) in [7, 11) is 0. The Balaban J connectivity index is 3.14. The molecule has 0 unspecified atom stereocenters. The van der Waals surface area contributed by atoms with Crippen molar-refractivity contribution in [2.45, 2.75) is 48.0 Å². The molecule has 2 nitrogen and oxygen atoms in total. The highest BCUT2D eigenvalue weighted by atomic mass is 16.5. The van der Waals surface area contributed by atoms with Gasteiger partial charge < -0.3 is 4.74 Å². The quantitative estimate of drug-likeness (QED) is 0.556. The molecule has 0 amide bonds. The number of carbonyl (C=O) groups excluding carboxylic acids is 1. The minimum Gasteiger partial charge on any atom is -0.430 e. The van der Waals surface area contributed by atoms with Gasteiger partial charge in [-0.15, -0.1) is 0 Å². The molecular formula is C12H20O2. The Kier molecular flexibility index (Phi) is 2.51. The lowest BCUT2D eigenvalue weighted by molar-refractivity contribution is -0.137. The first kappa shape index (κ1) is 11.3. The van der Waals surface area contributed by atoms with Crippen LogP contribution in [0.1, 0.15) is 48.0 Å². The van der Waals surface area contributed by atoms with Gasteiger partial charge in [0.2, 0.25) is 0 Å². The van der Waals surface area contributed by atoms with Crippen molar-refractivity contribution in [3.05, 3.63) is 11.3 Å². The molecule has 0 saturated heterocycles. The minimum atomic E-state index is -0.111. The zero-order valence-electron chi connectivity index (χ0n) is 10.0. The van der Waals surface area contributed by atoms with Gasteiger partial charge >= 0.3 is 5.97 Å². The van der Waals surface area contributed by atoms with E-state index in [1.165, 1.54) is 0 Å². The lowest BCUT2D eigenvalue weighted by Crippen LogP contribution is -2.16. The third-order valence-corrected chi connectivity index (χ3v) is 2.40. The van der Waals surface area contributed by atoms with Crippen molar-refractivity contribution in [1.82, 2.24) is 0 Å². The van der Waals surface area contributed by atoms with Crippen molar-refractivity contribution in [3.63, 3.8) is 0 Å². The van der Waals surface area contributed by atoms with Crippen molar-refractivity contribution in [2.75, 3.05) is 0 Å². The number of rotatable bonds is 0. The average molecular weight is 196 g/mol. The summed E-state index contributed by atoms with van der Waals surface area (Å²) < 4.78 is 5.31. The van der Waals surface area contributed by atoms with Crippen LogP contribution in [0.25, 0.3) is 0 Å². The van der Waals surface area contributed by atoms with Crippen LogP contribution in [-0.4, -0.2) is 5.97 Å². The second-order valence-electron chi connectivity index (χ2n) is 5.96. The molecule has 0 aromatic carbocycles. The summed E-state index contributed by atoms with van der Waals surface area (Å²) in [5, 5.41) is 0. The molecule has 0 bridgehead atoms. The largest absolute Gasteiger partial charge is 0.430 e. The van der Waals surface area contributed by atoms with Crippen LogP contribution in [-0.2, 0) is 9.53 Å². The van der Waals surface area contributed by atoms with E-state index in [1.54, 1.807) is 0 Å². The first-order valence-corrected chi connectivity index (χ1v) is 5.07. The number of hydrogen-bond donors (Lipinski definition) is 0. The molecule has 0 saturated carbocycles. The Morgan fingerprint density at radius 2 is 1.50 bits per heavy atom. The molecule has 0 aliphatic carbocycles. The van der Waals surface area contributed by atoms with E-state index in [0.717, 1.165) is 11.3 Å². The third-order valence-electron chi connectivity index (χ3n) is 2.40. The summed E-state index contributed by atoms with van der Waals surface area (Å²) in [4.78, 5) is 11.3. The van der Waals surface area contributed by atoms with E-state index < -0.39 is 0 Å². The lowest BCUT2D eigenvalue weighted by atomic mass is 9.79. The molecule has 80 valence electrons. The molecule has 1 aliphatic rings. The van der Waals surface area contributed by atoms with Crippen LogP contribution < -0.4 is 0 Å². The van der Waals surface area contributed by atoms with E-state index in [0.29, 0.717) is 6.42 Å². The Bertz CT molecular complexity index is 256. The molecule has 0 spiro atoms. The maximum absolute atomic E-state index is 11.3. The summed E-state index contributed by atoms with van der Waals surface area (Å²) >= 11 is 0. The number of esters is 1. The molecule has 1 heterocycles. The highest BCUT2D eigenvalue weighted by molar-refractivity contribution is 5.77. The van der Waals surface area contributed by atoms with Crippen LogP contribution in [0.4, 0.5) is 0 Å². The number of hydrogen-bond acceptors (Lipinski definition) is 2. The van der Waals surface area contributed by atoms with E-state index in [9.17, 15) is 4.79 Å². The fourth-order valence-electron chi connectivity index (χ4n) is 1.65. The van der Waals surface area contributed by atoms with E-state index in [4.69, 9.17) is 4.74 Å². The smallest absolute Gasteiger partial charge is 0.315 e. The van der Waals surface area contributed by atoms with Gasteiger partial charge in [0, 0.05) is 5.41 Å². The van der Waals surface area contributed by atoms with Crippen LogP contribution in [0, 0.1) is 10.8 Å². The van der Waals surface area contributed by atoms with Crippen LogP contribution in [0.2, 0.25) is 0 Å². The van der Waals surface area contributed by atoms with Gasteiger partial charge in [0.15, 0.2) is 0 Å². The second kappa shape index (κ2) is 3.11. The first-order valence-electron chi connectivity index (χ1n) is 5.07. The monoisotopic (exact) mass is 196 g/mol. The number of ether oxygens (including phenoxy) is 1. The molecule has 1 aliphatic heterocycles. The predicted octanol–water partition coefficient (Wildman–Crippen LogP) is 3.28. The fraction of sp³-hybridized carbons (Fsp3) is 0.750. The van der Waals surface area contributed by atoms with Crippen molar-refractivity contribution >= 4 is 5.97 Å². The molecule has 2 heteroatoms. The van der Waals surface area contributed by atoms with Crippen molar-refractivity contribution in [3.8, 4) is 0 Å². The fourth-order valence-corrected chi connectivity index (χ4v) is 1.65. The van der Waals surface area contributed by atoms with Crippen molar-refractivity contribution < 1.29 is 9.53 Å². The van der Waals surface area contributed by atoms with Crippen LogP contribution >= 0.6 is 0 Å². The third kappa shape index (κ3) is 2.17. The van der Waals surface area contributed by atoms with Gasteiger partial charge in [-0.25, -0.2) is 0 Å². The first-order chi connectivity index (χ1) is 6.12. The normalized spacial score (nSPS) is 18.9. The van der Waals surface area contributed by atoms with Crippen molar-refractivity contribution in [1.29, 1.82) is 0 Å². The Labute approximate surface area is 86.3 Å². The summed E-state index contributed by atoms with van der Waals surface area (Å²) in [5.41, 5.74) is 1.10. The van der Waals surface area contributed by atoms with Gasteiger partial charge in [0.25, 0.3) is 0 Å². The standard InChI is InChI=1S/C12H20O2/c1-11(2,3)8-7-9(13)14-10(8)12(4,5)6/h7H2,1-6H3. The average Bonchev–Trinajstić information content (AvgIpc) is 2.27. The SMILES string of the molecule is CC(C)(C)C1=C(C(C)(C)C)OC(=O)C1. The zero-order chi connectivity index (χ0) is 11.1. The molecule has 0 N–H and O–H groups in total. The molecule has 0 fully saturated rings.